The van der Waals surface area contributed by atoms with E-state index < -0.39 is 11.7 Å². The van der Waals surface area contributed by atoms with Crippen LogP contribution in [0.2, 0.25) is 5.02 Å². The molecule has 0 aliphatic carbocycles. The van der Waals surface area contributed by atoms with E-state index in [0.717, 1.165) is 22.4 Å². The normalized spacial score (nSPS) is 14.6. The Balaban J connectivity index is 1.35. The third-order valence-corrected chi connectivity index (χ3v) is 6.29. The van der Waals surface area contributed by atoms with E-state index in [1.807, 2.05) is 12.1 Å². The third kappa shape index (κ3) is 4.16. The molecule has 0 saturated carbocycles. The lowest BCUT2D eigenvalue weighted by Crippen LogP contribution is -2.39. The highest BCUT2D eigenvalue weighted by atomic mass is 35.5. The molecule has 0 unspecified atom stereocenters. The van der Waals surface area contributed by atoms with Gasteiger partial charge in [0.15, 0.2) is 5.82 Å². The molecule has 4 aromatic rings. The molecule has 32 heavy (non-hydrogen) atoms. The highest BCUT2D eigenvalue weighted by Crippen LogP contribution is 2.33. The summed E-state index contributed by atoms with van der Waals surface area (Å²) in [5, 5.41) is 14.7. The van der Waals surface area contributed by atoms with Crippen LogP contribution in [0.3, 0.4) is 0 Å². The maximum absolute atomic E-state index is 14.4. The van der Waals surface area contributed by atoms with Gasteiger partial charge in [-0.15, -0.1) is 0 Å². The molecule has 0 bridgehead atoms. The summed E-state index contributed by atoms with van der Waals surface area (Å²) in [4.78, 5) is 17.1. The van der Waals surface area contributed by atoms with Crippen LogP contribution < -0.4 is 10.6 Å². The Morgan fingerprint density at radius 1 is 1.25 bits per heavy atom. The van der Waals surface area contributed by atoms with Crippen LogP contribution in [0.15, 0.2) is 36.5 Å². The quantitative estimate of drug-likeness (QED) is 0.394. The van der Waals surface area contributed by atoms with Crippen molar-refractivity contribution >= 4 is 50.8 Å². The van der Waals surface area contributed by atoms with Crippen LogP contribution in [-0.2, 0) is 4.74 Å². The fraction of sp³-hybridized carbons (Fsp3) is 0.238. The Morgan fingerprint density at radius 3 is 2.94 bits per heavy atom. The number of hydrogen-bond donors (Lipinski definition) is 3. The molecule has 3 N–H and O–H groups in total. The number of benzene rings is 2. The summed E-state index contributed by atoms with van der Waals surface area (Å²) < 4.78 is 24.0. The van der Waals surface area contributed by atoms with Crippen molar-refractivity contribution in [3.8, 4) is 11.4 Å². The minimum Gasteiger partial charge on any atom is -0.381 e. The molecule has 11 heteroatoms. The first-order valence-electron chi connectivity index (χ1n) is 9.99. The molecule has 1 aliphatic rings. The molecule has 8 nitrogen and oxygen atoms in total. The predicted molar refractivity (Wildman–Crippen MR) is 121 cm³/mol. The zero-order chi connectivity index (χ0) is 22.1. The van der Waals surface area contributed by atoms with Gasteiger partial charge in [0.05, 0.1) is 28.0 Å². The largest absolute Gasteiger partial charge is 0.381 e. The van der Waals surface area contributed by atoms with Gasteiger partial charge in [0.25, 0.3) is 5.91 Å². The molecule has 164 valence electrons. The summed E-state index contributed by atoms with van der Waals surface area (Å²) >= 11 is 7.59. The number of rotatable bonds is 5. The molecule has 1 amide bonds. The lowest BCUT2D eigenvalue weighted by molar-refractivity contribution is 0.0694. The number of amides is 1. The Hall–Kier alpha value is -3.08. The minimum atomic E-state index is -0.591. The third-order valence-electron chi connectivity index (χ3n) is 5.25. The van der Waals surface area contributed by atoms with Crippen molar-refractivity contribution in [2.45, 2.75) is 18.9 Å². The van der Waals surface area contributed by atoms with Crippen LogP contribution >= 0.6 is 23.1 Å². The van der Waals surface area contributed by atoms with Gasteiger partial charge in [0, 0.05) is 41.7 Å². The van der Waals surface area contributed by atoms with Gasteiger partial charge in [-0.1, -0.05) is 11.6 Å². The number of carbonyl (C=O) groups is 1. The number of nitrogens with zero attached hydrogens (tertiary/aromatic N) is 3. The number of hydrogen-bond acceptors (Lipinski definition) is 7. The van der Waals surface area contributed by atoms with Gasteiger partial charge in [-0.05, 0) is 43.2 Å². The summed E-state index contributed by atoms with van der Waals surface area (Å²) in [7, 11) is 0. The average molecular weight is 473 g/mol. The Labute approximate surface area is 191 Å². The van der Waals surface area contributed by atoms with Gasteiger partial charge in [-0.25, -0.2) is 4.39 Å². The van der Waals surface area contributed by atoms with Crippen molar-refractivity contribution in [2.75, 3.05) is 18.5 Å². The lowest BCUT2D eigenvalue weighted by atomic mass is 10.1. The zero-order valence-corrected chi connectivity index (χ0v) is 18.3. The fourth-order valence-corrected chi connectivity index (χ4v) is 4.39. The van der Waals surface area contributed by atoms with Gasteiger partial charge in [0.2, 0.25) is 5.13 Å². The number of halogens is 2. The van der Waals surface area contributed by atoms with E-state index in [1.165, 1.54) is 12.1 Å². The van der Waals surface area contributed by atoms with E-state index in [1.54, 1.807) is 12.3 Å². The molecule has 1 fully saturated rings. The van der Waals surface area contributed by atoms with Crippen molar-refractivity contribution in [1.29, 1.82) is 0 Å². The maximum atomic E-state index is 14.4. The molecule has 0 atom stereocenters. The van der Waals surface area contributed by atoms with Gasteiger partial charge >= 0.3 is 0 Å². The number of H-pyrrole nitrogens is 1. The molecular formula is C21H18ClFN6O2S. The molecule has 1 saturated heterocycles. The number of carbonyl (C=O) groups excluding carboxylic acids is 1. The van der Waals surface area contributed by atoms with E-state index >= 15 is 0 Å². The molecule has 1 aliphatic heterocycles. The first kappa shape index (κ1) is 20.8. The first-order chi connectivity index (χ1) is 15.6. The van der Waals surface area contributed by atoms with Gasteiger partial charge in [-0.3, -0.25) is 9.89 Å². The first-order valence-corrected chi connectivity index (χ1v) is 11.1. The standard InChI is InChI=1S/C21H18ClFN6O2S/c22-18-14-10-24-28-16(14)3-4-17(18)26-21-27-19(29-32-21)11-1-2-15(23)13(9-11)20(30)25-12-5-7-31-8-6-12/h1-4,9-10,12H,5-8H2,(H,24,28)(H,25,30)(H,26,27,29). The SMILES string of the molecule is O=C(NC1CCOCC1)c1cc(-c2nsc(Nc3ccc4[nH]ncc4c3Cl)n2)ccc1F. The number of ether oxygens (including phenoxy) is 1. The number of nitrogens with one attached hydrogen (secondary N) is 3. The predicted octanol–water partition coefficient (Wildman–Crippen LogP) is 4.53. The van der Waals surface area contributed by atoms with Gasteiger partial charge in [-0.2, -0.15) is 14.5 Å². The molecule has 5 rings (SSSR count). The number of aromatic amines is 1. The second-order valence-corrected chi connectivity index (χ2v) is 8.49. The van der Waals surface area contributed by atoms with E-state index in [2.05, 4.69) is 30.2 Å². The monoisotopic (exact) mass is 472 g/mol. The number of anilines is 2. The Bertz CT molecular complexity index is 1290. The van der Waals surface area contributed by atoms with E-state index in [4.69, 9.17) is 16.3 Å². The Morgan fingerprint density at radius 2 is 2.09 bits per heavy atom. The van der Waals surface area contributed by atoms with Crippen LogP contribution in [0.25, 0.3) is 22.3 Å². The minimum absolute atomic E-state index is 0.0233. The number of fused-ring (bicyclic) bond motifs is 1. The summed E-state index contributed by atoms with van der Waals surface area (Å²) in [6, 6.07) is 7.94. The smallest absolute Gasteiger partial charge is 0.254 e. The summed E-state index contributed by atoms with van der Waals surface area (Å²) in [5.41, 5.74) is 2.01. The highest BCUT2D eigenvalue weighted by molar-refractivity contribution is 7.10. The zero-order valence-electron chi connectivity index (χ0n) is 16.7. The summed E-state index contributed by atoms with van der Waals surface area (Å²) in [6.07, 6.45) is 3.07. The number of aromatic nitrogens is 4. The second kappa shape index (κ2) is 8.81. The van der Waals surface area contributed by atoms with Crippen molar-refractivity contribution < 1.29 is 13.9 Å². The van der Waals surface area contributed by atoms with E-state index in [-0.39, 0.29) is 11.6 Å². The second-order valence-electron chi connectivity index (χ2n) is 7.36. The van der Waals surface area contributed by atoms with Crippen molar-refractivity contribution in [3.63, 3.8) is 0 Å². The topological polar surface area (TPSA) is 105 Å². The Kier molecular flexibility index (Phi) is 5.73. The van der Waals surface area contributed by atoms with E-state index in [9.17, 15) is 9.18 Å². The molecule has 3 heterocycles. The maximum Gasteiger partial charge on any atom is 0.254 e. The van der Waals surface area contributed by atoms with Crippen molar-refractivity contribution in [1.82, 2.24) is 24.9 Å². The lowest BCUT2D eigenvalue weighted by Gasteiger charge is -2.23. The van der Waals surface area contributed by atoms with Gasteiger partial charge in [0.1, 0.15) is 5.82 Å². The molecule has 0 radical (unpaired) electrons. The van der Waals surface area contributed by atoms with Crippen molar-refractivity contribution in [2.24, 2.45) is 0 Å². The molecule has 2 aromatic carbocycles. The average Bonchev–Trinajstić information content (AvgIpc) is 3.47. The summed E-state index contributed by atoms with van der Waals surface area (Å²) in [6.45, 7) is 1.17. The van der Waals surface area contributed by atoms with Crippen LogP contribution in [0.5, 0.6) is 0 Å². The van der Waals surface area contributed by atoms with Crippen molar-refractivity contribution in [3.05, 3.63) is 52.9 Å². The van der Waals surface area contributed by atoms with Crippen LogP contribution in [0, 0.1) is 5.82 Å². The van der Waals surface area contributed by atoms with E-state index in [0.29, 0.717) is 53.3 Å². The molecule has 0 spiro atoms. The molecular weight excluding hydrogens is 455 g/mol. The van der Waals surface area contributed by atoms with Crippen LogP contribution in [0.4, 0.5) is 15.2 Å². The van der Waals surface area contributed by atoms with Crippen LogP contribution in [-0.4, -0.2) is 44.7 Å². The summed E-state index contributed by atoms with van der Waals surface area (Å²) in [5.74, 6) is -0.657. The molecule has 2 aromatic heterocycles. The highest BCUT2D eigenvalue weighted by Gasteiger charge is 2.20. The van der Waals surface area contributed by atoms with Gasteiger partial charge < -0.3 is 15.4 Å². The van der Waals surface area contributed by atoms with Crippen LogP contribution in [0.1, 0.15) is 23.2 Å². The fourth-order valence-electron chi connectivity index (χ4n) is 3.53.